The number of aryl methyl sites for hydroxylation is 1. The number of carbonyl (C=O) groups is 1. The van der Waals surface area contributed by atoms with Crippen molar-refractivity contribution in [3.05, 3.63) is 23.8 Å². The summed E-state index contributed by atoms with van der Waals surface area (Å²) in [5, 5.41) is 9.20. The maximum atomic E-state index is 10.5. The highest BCUT2D eigenvalue weighted by Crippen LogP contribution is 2.26. The van der Waals surface area contributed by atoms with E-state index in [9.17, 15) is 9.90 Å². The van der Waals surface area contributed by atoms with Gasteiger partial charge in [0.25, 0.3) is 6.47 Å². The molecule has 1 aromatic heterocycles. The molecule has 1 unspecified atom stereocenters. The lowest BCUT2D eigenvalue weighted by Crippen LogP contribution is -2.39. The minimum atomic E-state index is -0.0402. The summed E-state index contributed by atoms with van der Waals surface area (Å²) in [6.45, 7) is 4.68. The molecule has 0 radical (unpaired) electrons. The Bertz CT molecular complexity index is 433. The van der Waals surface area contributed by atoms with Crippen LogP contribution in [0.25, 0.3) is 0 Å². The number of ether oxygens (including phenoxy) is 1. The van der Waals surface area contributed by atoms with Crippen LogP contribution < -0.4 is 0 Å². The number of nitrogens with zero attached hydrogens (tertiary/aromatic N) is 3. The number of aromatic nitrogens is 2. The van der Waals surface area contributed by atoms with Gasteiger partial charge in [0.1, 0.15) is 12.9 Å². The van der Waals surface area contributed by atoms with Gasteiger partial charge >= 0.3 is 0 Å². The lowest BCUT2D eigenvalue weighted by atomic mass is 9.96. The molecule has 2 heterocycles. The van der Waals surface area contributed by atoms with Crippen LogP contribution in [0.1, 0.15) is 30.3 Å². The van der Waals surface area contributed by atoms with E-state index in [0.29, 0.717) is 19.0 Å². The van der Waals surface area contributed by atoms with E-state index < -0.39 is 0 Å². The summed E-state index contributed by atoms with van der Waals surface area (Å²) in [5.41, 5.74) is 1.78. The molecule has 1 saturated heterocycles. The minimum Gasteiger partial charge on any atom is -0.466 e. The van der Waals surface area contributed by atoms with Gasteiger partial charge in [0, 0.05) is 12.3 Å². The third-order valence-electron chi connectivity index (χ3n) is 3.84. The summed E-state index contributed by atoms with van der Waals surface area (Å²) >= 11 is 0. The zero-order valence-electron chi connectivity index (χ0n) is 11.7. The molecule has 1 aromatic rings. The monoisotopic (exact) mass is 279 g/mol. The first-order chi connectivity index (χ1) is 9.74. The number of piperidine rings is 1. The van der Waals surface area contributed by atoms with Crippen molar-refractivity contribution in [2.24, 2.45) is 5.92 Å². The fourth-order valence-corrected chi connectivity index (χ4v) is 2.61. The fraction of sp³-hybridized carbons (Fsp3) is 0.643. The number of hydrogen-bond donors (Lipinski definition) is 1. The van der Waals surface area contributed by atoms with Crippen LogP contribution in [0.4, 0.5) is 0 Å². The molecule has 2 rings (SSSR count). The molecular formula is C14H21N3O3. The first-order valence-corrected chi connectivity index (χ1v) is 6.93. The van der Waals surface area contributed by atoms with Gasteiger partial charge in [0.05, 0.1) is 11.7 Å². The van der Waals surface area contributed by atoms with E-state index >= 15 is 0 Å². The molecule has 1 atom stereocenters. The van der Waals surface area contributed by atoms with Crippen molar-refractivity contribution in [1.82, 2.24) is 14.9 Å². The maximum Gasteiger partial charge on any atom is 0.293 e. The summed E-state index contributed by atoms with van der Waals surface area (Å²) in [4.78, 5) is 21.2. The van der Waals surface area contributed by atoms with Gasteiger partial charge in [-0.1, -0.05) is 0 Å². The summed E-state index contributed by atoms with van der Waals surface area (Å²) in [6, 6.07) is 1.89. The van der Waals surface area contributed by atoms with Crippen molar-refractivity contribution in [2.75, 3.05) is 26.3 Å². The summed E-state index contributed by atoms with van der Waals surface area (Å²) in [6.07, 6.45) is 3.45. The molecule has 0 aliphatic carbocycles. The molecule has 1 aliphatic rings. The van der Waals surface area contributed by atoms with Gasteiger partial charge < -0.3 is 9.84 Å². The first kappa shape index (κ1) is 14.9. The molecule has 6 nitrogen and oxygen atoms in total. The third kappa shape index (κ3) is 3.74. The lowest BCUT2D eigenvalue weighted by Gasteiger charge is -2.36. The largest absolute Gasteiger partial charge is 0.466 e. The van der Waals surface area contributed by atoms with Crippen molar-refractivity contribution in [3.63, 3.8) is 0 Å². The highest BCUT2D eigenvalue weighted by molar-refractivity contribution is 5.37. The molecule has 0 amide bonds. The van der Waals surface area contributed by atoms with Gasteiger partial charge in [0.2, 0.25) is 0 Å². The van der Waals surface area contributed by atoms with Crippen LogP contribution in [0.5, 0.6) is 0 Å². The molecular weight excluding hydrogens is 258 g/mol. The van der Waals surface area contributed by atoms with E-state index in [4.69, 9.17) is 4.74 Å². The molecule has 20 heavy (non-hydrogen) atoms. The number of hydrogen-bond acceptors (Lipinski definition) is 6. The topological polar surface area (TPSA) is 75.5 Å². The smallest absolute Gasteiger partial charge is 0.293 e. The van der Waals surface area contributed by atoms with Crippen molar-refractivity contribution in [1.29, 1.82) is 0 Å². The summed E-state index contributed by atoms with van der Waals surface area (Å²) < 4.78 is 4.96. The van der Waals surface area contributed by atoms with Gasteiger partial charge in [-0.05, 0) is 44.8 Å². The summed E-state index contributed by atoms with van der Waals surface area (Å²) in [5.74, 6) is 0.381. The summed E-state index contributed by atoms with van der Waals surface area (Å²) in [7, 11) is 0. The van der Waals surface area contributed by atoms with Crippen LogP contribution in [-0.4, -0.2) is 52.7 Å². The third-order valence-corrected chi connectivity index (χ3v) is 3.84. The van der Waals surface area contributed by atoms with Gasteiger partial charge in [-0.25, -0.2) is 9.97 Å². The zero-order chi connectivity index (χ0) is 14.4. The SMILES string of the molecule is Cc1cc(C(COC=O)N2CCC(CO)CC2)ncn1. The van der Waals surface area contributed by atoms with Gasteiger partial charge in [0.15, 0.2) is 0 Å². The molecule has 1 N–H and O–H groups in total. The Morgan fingerprint density at radius 2 is 2.25 bits per heavy atom. The second-order valence-corrected chi connectivity index (χ2v) is 5.19. The average Bonchev–Trinajstić information content (AvgIpc) is 2.48. The van der Waals surface area contributed by atoms with Gasteiger partial charge in [-0.2, -0.15) is 0 Å². The predicted octanol–water partition coefficient (Wildman–Crippen LogP) is 0.703. The molecule has 0 spiro atoms. The Hall–Kier alpha value is -1.53. The number of aliphatic hydroxyl groups is 1. The Kier molecular flexibility index (Phi) is 5.43. The number of likely N-dealkylation sites (tertiary alicyclic amines) is 1. The van der Waals surface area contributed by atoms with E-state index in [0.717, 1.165) is 37.3 Å². The Morgan fingerprint density at radius 1 is 1.50 bits per heavy atom. The zero-order valence-corrected chi connectivity index (χ0v) is 11.7. The van der Waals surface area contributed by atoms with Crippen molar-refractivity contribution >= 4 is 6.47 Å². The normalized spacial score (nSPS) is 18.7. The molecule has 6 heteroatoms. The number of carbonyl (C=O) groups excluding carboxylic acids is 1. The lowest BCUT2D eigenvalue weighted by molar-refractivity contribution is -0.130. The van der Waals surface area contributed by atoms with Crippen LogP contribution in [0, 0.1) is 12.8 Å². The minimum absolute atomic E-state index is 0.0402. The quantitative estimate of drug-likeness (QED) is 0.773. The van der Waals surface area contributed by atoms with E-state index in [-0.39, 0.29) is 12.6 Å². The van der Waals surface area contributed by atoms with E-state index in [2.05, 4.69) is 14.9 Å². The highest BCUT2D eigenvalue weighted by Gasteiger charge is 2.27. The molecule has 1 aliphatic heterocycles. The van der Waals surface area contributed by atoms with Crippen LogP contribution >= 0.6 is 0 Å². The van der Waals surface area contributed by atoms with Crippen molar-refractivity contribution in [2.45, 2.75) is 25.8 Å². The Balaban J connectivity index is 2.09. The highest BCUT2D eigenvalue weighted by atomic mass is 16.5. The maximum absolute atomic E-state index is 10.5. The number of aliphatic hydroxyl groups excluding tert-OH is 1. The fourth-order valence-electron chi connectivity index (χ4n) is 2.61. The molecule has 0 saturated carbocycles. The van der Waals surface area contributed by atoms with E-state index in [1.807, 2.05) is 13.0 Å². The van der Waals surface area contributed by atoms with E-state index in [1.54, 1.807) is 6.33 Å². The van der Waals surface area contributed by atoms with Gasteiger partial charge in [-0.15, -0.1) is 0 Å². The Labute approximate surface area is 118 Å². The van der Waals surface area contributed by atoms with Crippen LogP contribution in [0.3, 0.4) is 0 Å². The van der Waals surface area contributed by atoms with Crippen LogP contribution in [0.15, 0.2) is 12.4 Å². The molecule has 0 aromatic carbocycles. The van der Waals surface area contributed by atoms with Gasteiger partial charge in [-0.3, -0.25) is 9.69 Å². The van der Waals surface area contributed by atoms with Crippen LogP contribution in [0.2, 0.25) is 0 Å². The predicted molar refractivity (Wildman–Crippen MR) is 72.9 cm³/mol. The van der Waals surface area contributed by atoms with Crippen LogP contribution in [-0.2, 0) is 9.53 Å². The standard InChI is InChI=1S/C14H21N3O3/c1-11-6-13(16-9-15-11)14(8-20-10-19)17-4-2-12(7-18)3-5-17/h6,9-10,12,14,18H,2-5,7-8H2,1H3. The second-order valence-electron chi connectivity index (χ2n) is 5.19. The first-order valence-electron chi connectivity index (χ1n) is 6.93. The van der Waals surface area contributed by atoms with E-state index in [1.165, 1.54) is 0 Å². The Morgan fingerprint density at radius 3 is 2.85 bits per heavy atom. The molecule has 0 bridgehead atoms. The molecule has 1 fully saturated rings. The van der Waals surface area contributed by atoms with Crippen molar-refractivity contribution < 1.29 is 14.6 Å². The average molecular weight is 279 g/mol. The van der Waals surface area contributed by atoms with Crippen molar-refractivity contribution in [3.8, 4) is 0 Å². The number of rotatable bonds is 6. The second kappa shape index (κ2) is 7.31. The molecule has 110 valence electrons.